The Morgan fingerprint density at radius 2 is 1.75 bits per heavy atom. The second kappa shape index (κ2) is 6.19. The van der Waals surface area contributed by atoms with Crippen molar-refractivity contribution >= 4 is 20.0 Å². The molecule has 9 heteroatoms. The summed E-state index contributed by atoms with van der Waals surface area (Å²) in [5.41, 5.74) is 0. The maximum Gasteiger partial charge on any atom is 0.243 e. The largest absolute Gasteiger partial charge is 0.395 e. The number of benzene rings is 1. The van der Waals surface area contributed by atoms with Crippen LogP contribution in [0.2, 0.25) is 0 Å². The van der Waals surface area contributed by atoms with Crippen molar-refractivity contribution in [3.8, 4) is 0 Å². The molecule has 0 unspecified atom stereocenters. The summed E-state index contributed by atoms with van der Waals surface area (Å²) < 4.78 is 48.5. The molecule has 0 heterocycles. The first kappa shape index (κ1) is 17.1. The fourth-order valence-corrected chi connectivity index (χ4v) is 4.01. The quantitative estimate of drug-likeness (QED) is 0.747. The van der Waals surface area contributed by atoms with Crippen molar-refractivity contribution in [2.24, 2.45) is 5.14 Å². The van der Waals surface area contributed by atoms with Crippen LogP contribution >= 0.6 is 0 Å². The van der Waals surface area contributed by atoms with Crippen LogP contribution < -0.4 is 5.14 Å². The Balaban J connectivity index is 3.35. The molecule has 0 radical (unpaired) electrons. The zero-order chi connectivity index (χ0) is 15.6. The van der Waals surface area contributed by atoms with E-state index in [0.29, 0.717) is 0 Å². The lowest BCUT2D eigenvalue weighted by Gasteiger charge is -2.25. The molecule has 0 saturated carbocycles. The van der Waals surface area contributed by atoms with Crippen LogP contribution in [0.15, 0.2) is 34.1 Å². The van der Waals surface area contributed by atoms with E-state index >= 15 is 0 Å². The molecule has 1 rings (SSSR count). The van der Waals surface area contributed by atoms with Crippen LogP contribution in [-0.2, 0) is 20.0 Å². The van der Waals surface area contributed by atoms with Gasteiger partial charge in [-0.25, -0.2) is 22.0 Å². The highest BCUT2D eigenvalue weighted by molar-refractivity contribution is 7.90. The highest BCUT2D eigenvalue weighted by atomic mass is 32.2. The van der Waals surface area contributed by atoms with Crippen molar-refractivity contribution in [3.63, 3.8) is 0 Å². The molecule has 1 aromatic rings. The molecule has 0 aliphatic rings. The van der Waals surface area contributed by atoms with Crippen molar-refractivity contribution in [3.05, 3.63) is 24.3 Å². The summed E-state index contributed by atoms with van der Waals surface area (Å²) in [6.45, 7) is 2.93. The van der Waals surface area contributed by atoms with Crippen LogP contribution in [0.3, 0.4) is 0 Å². The molecule has 0 atom stereocenters. The van der Waals surface area contributed by atoms with Crippen LogP contribution in [0.1, 0.15) is 13.8 Å². The molecule has 1 aromatic carbocycles. The third kappa shape index (κ3) is 3.76. The number of nitrogens with two attached hydrogens (primary N) is 1. The molecule has 20 heavy (non-hydrogen) atoms. The van der Waals surface area contributed by atoms with Crippen molar-refractivity contribution in [1.29, 1.82) is 0 Å². The van der Waals surface area contributed by atoms with E-state index < -0.39 is 20.0 Å². The number of hydrogen-bond acceptors (Lipinski definition) is 5. The minimum absolute atomic E-state index is 0.0698. The first-order valence-corrected chi connectivity index (χ1v) is 8.85. The zero-order valence-corrected chi connectivity index (χ0v) is 12.9. The number of rotatable bonds is 6. The van der Waals surface area contributed by atoms with E-state index in [-0.39, 0.29) is 29.0 Å². The Kier molecular flexibility index (Phi) is 5.27. The summed E-state index contributed by atoms with van der Waals surface area (Å²) in [7, 11) is -7.87. The Morgan fingerprint density at radius 1 is 1.20 bits per heavy atom. The highest BCUT2D eigenvalue weighted by Crippen LogP contribution is 2.20. The molecule has 0 spiro atoms. The summed E-state index contributed by atoms with van der Waals surface area (Å²) in [5, 5.41) is 13.9. The van der Waals surface area contributed by atoms with E-state index in [2.05, 4.69) is 0 Å². The van der Waals surface area contributed by atoms with Gasteiger partial charge in [-0.2, -0.15) is 4.31 Å². The van der Waals surface area contributed by atoms with Gasteiger partial charge in [0.05, 0.1) is 16.4 Å². The van der Waals surface area contributed by atoms with Gasteiger partial charge in [-0.05, 0) is 32.0 Å². The third-order valence-electron chi connectivity index (χ3n) is 2.64. The molecule has 0 bridgehead atoms. The standard InChI is InChI=1S/C11H18N2O5S2/c1-9(2)13(6-7-14)20(17,18)11-5-3-4-10(8-11)19(12,15)16/h3-5,8-9,14H,6-7H2,1-2H3,(H2,12,15,16). The number of primary sulfonamides is 1. The second-order valence-electron chi connectivity index (χ2n) is 4.45. The maximum atomic E-state index is 12.4. The second-order valence-corrected chi connectivity index (χ2v) is 7.90. The number of aliphatic hydroxyl groups is 1. The van der Waals surface area contributed by atoms with Gasteiger partial charge in [0.1, 0.15) is 0 Å². The fraction of sp³-hybridized carbons (Fsp3) is 0.455. The molecular formula is C11H18N2O5S2. The third-order valence-corrected chi connectivity index (χ3v) is 5.62. The highest BCUT2D eigenvalue weighted by Gasteiger charge is 2.27. The molecule has 0 aliphatic heterocycles. The van der Waals surface area contributed by atoms with Crippen molar-refractivity contribution < 1.29 is 21.9 Å². The monoisotopic (exact) mass is 322 g/mol. The zero-order valence-electron chi connectivity index (χ0n) is 11.2. The average Bonchev–Trinajstić information content (AvgIpc) is 2.34. The van der Waals surface area contributed by atoms with Crippen LogP contribution in [-0.4, -0.2) is 45.4 Å². The smallest absolute Gasteiger partial charge is 0.243 e. The van der Waals surface area contributed by atoms with E-state index in [1.54, 1.807) is 13.8 Å². The van der Waals surface area contributed by atoms with Crippen LogP contribution in [0.25, 0.3) is 0 Å². The van der Waals surface area contributed by atoms with Crippen molar-refractivity contribution in [2.75, 3.05) is 13.2 Å². The van der Waals surface area contributed by atoms with Crippen LogP contribution in [0.5, 0.6) is 0 Å². The minimum atomic E-state index is -3.98. The predicted molar refractivity (Wildman–Crippen MR) is 73.9 cm³/mol. The van der Waals surface area contributed by atoms with Gasteiger partial charge in [-0.3, -0.25) is 0 Å². The molecule has 114 valence electrons. The normalized spacial score (nSPS) is 13.1. The number of sulfonamides is 2. The van der Waals surface area contributed by atoms with Gasteiger partial charge in [0.15, 0.2) is 0 Å². The molecule has 0 aromatic heterocycles. The van der Waals surface area contributed by atoms with Crippen LogP contribution in [0, 0.1) is 0 Å². The molecular weight excluding hydrogens is 304 g/mol. The first-order valence-electron chi connectivity index (χ1n) is 5.86. The molecule has 0 saturated heterocycles. The maximum absolute atomic E-state index is 12.4. The van der Waals surface area contributed by atoms with Gasteiger partial charge in [-0.15, -0.1) is 0 Å². The van der Waals surface area contributed by atoms with E-state index in [1.165, 1.54) is 18.2 Å². The lowest BCUT2D eigenvalue weighted by atomic mass is 10.4. The molecule has 0 amide bonds. The van der Waals surface area contributed by atoms with E-state index in [0.717, 1.165) is 10.4 Å². The lowest BCUT2D eigenvalue weighted by molar-refractivity contribution is 0.236. The van der Waals surface area contributed by atoms with Gasteiger partial charge in [0, 0.05) is 12.6 Å². The molecule has 0 aliphatic carbocycles. The van der Waals surface area contributed by atoms with Crippen molar-refractivity contribution in [1.82, 2.24) is 4.31 Å². The van der Waals surface area contributed by atoms with E-state index in [4.69, 9.17) is 10.2 Å². The molecule has 7 nitrogen and oxygen atoms in total. The van der Waals surface area contributed by atoms with Gasteiger partial charge >= 0.3 is 0 Å². The van der Waals surface area contributed by atoms with E-state index in [9.17, 15) is 16.8 Å². The Bertz CT molecular complexity index is 668. The minimum Gasteiger partial charge on any atom is -0.395 e. The summed E-state index contributed by atoms with van der Waals surface area (Å²) in [4.78, 5) is -0.447. The van der Waals surface area contributed by atoms with E-state index in [1.807, 2.05) is 0 Å². The molecule has 0 fully saturated rings. The Labute approximate surface area is 119 Å². The number of aliphatic hydroxyl groups excluding tert-OH is 1. The van der Waals surface area contributed by atoms with Crippen molar-refractivity contribution in [2.45, 2.75) is 29.7 Å². The Morgan fingerprint density at radius 3 is 2.20 bits per heavy atom. The van der Waals surface area contributed by atoms with Gasteiger partial charge in [-0.1, -0.05) is 6.07 Å². The number of nitrogens with zero attached hydrogens (tertiary/aromatic N) is 1. The average molecular weight is 322 g/mol. The van der Waals surface area contributed by atoms with Gasteiger partial charge in [0.25, 0.3) is 0 Å². The fourth-order valence-electron chi connectivity index (χ4n) is 1.70. The lowest BCUT2D eigenvalue weighted by Crippen LogP contribution is -2.39. The first-order chi connectivity index (χ1) is 9.10. The summed E-state index contributed by atoms with van der Waals surface area (Å²) in [6, 6.07) is 4.46. The summed E-state index contributed by atoms with van der Waals surface area (Å²) >= 11 is 0. The topological polar surface area (TPSA) is 118 Å². The Hall–Kier alpha value is -1.00. The van der Waals surface area contributed by atoms with Gasteiger partial charge in [0.2, 0.25) is 20.0 Å². The summed E-state index contributed by atoms with van der Waals surface area (Å²) in [5.74, 6) is 0. The van der Waals surface area contributed by atoms with Gasteiger partial charge < -0.3 is 5.11 Å². The summed E-state index contributed by atoms with van der Waals surface area (Å²) in [6.07, 6.45) is 0. The SMILES string of the molecule is CC(C)N(CCO)S(=O)(=O)c1cccc(S(N)(=O)=O)c1. The predicted octanol–water partition coefficient (Wildman–Crippen LogP) is -0.275. The number of hydrogen-bond donors (Lipinski definition) is 2. The van der Waals surface area contributed by atoms with Crippen LogP contribution in [0.4, 0.5) is 0 Å². The molecule has 3 N–H and O–H groups in total.